The van der Waals surface area contributed by atoms with Crippen LogP contribution in [0.15, 0.2) is 60.7 Å². The minimum Gasteiger partial charge on any atom is -0.462 e. The maximum absolute atomic E-state index is 13.8. The standard InChI is InChI=1S/C32H30N2O3S/c1-4-37-32(36)29-25-15-9-11-17-28(25)38-31(29)33-20(2)18-22(21(33)3)19-26-24-14-8-10-16-27(24)34(30(26)35)23-12-6-5-7-13-23/h5-8,10,12-14,16,18-19H,4,9,11,15,17H2,1-3H3/b26-19+. The van der Waals surface area contributed by atoms with Crippen LogP contribution in [0, 0.1) is 13.8 Å². The molecule has 6 rings (SSSR count). The lowest BCUT2D eigenvalue weighted by molar-refractivity contribution is -0.112. The van der Waals surface area contributed by atoms with E-state index in [0.29, 0.717) is 17.7 Å². The van der Waals surface area contributed by atoms with Gasteiger partial charge in [0.2, 0.25) is 0 Å². The average molecular weight is 523 g/mol. The number of amides is 1. The lowest BCUT2D eigenvalue weighted by Gasteiger charge is -2.16. The Morgan fingerprint density at radius 1 is 1.03 bits per heavy atom. The fourth-order valence-corrected chi connectivity index (χ4v) is 7.23. The number of para-hydroxylation sites is 2. The summed E-state index contributed by atoms with van der Waals surface area (Å²) in [5.74, 6) is -0.284. The molecule has 3 heterocycles. The highest BCUT2D eigenvalue weighted by Crippen LogP contribution is 2.43. The van der Waals surface area contributed by atoms with E-state index in [1.807, 2.05) is 67.6 Å². The van der Waals surface area contributed by atoms with Crippen LogP contribution in [-0.2, 0) is 22.4 Å². The molecule has 0 saturated heterocycles. The number of fused-ring (bicyclic) bond motifs is 2. The molecule has 0 fully saturated rings. The van der Waals surface area contributed by atoms with E-state index >= 15 is 0 Å². The molecule has 1 aliphatic carbocycles. The molecule has 0 unspecified atom stereocenters. The summed E-state index contributed by atoms with van der Waals surface area (Å²) in [6.45, 7) is 6.32. The molecule has 2 aromatic carbocycles. The van der Waals surface area contributed by atoms with Crippen molar-refractivity contribution in [1.29, 1.82) is 0 Å². The summed E-state index contributed by atoms with van der Waals surface area (Å²) in [5, 5.41) is 0.930. The molecule has 2 aliphatic rings. The molecule has 0 spiro atoms. The molecule has 0 radical (unpaired) electrons. The summed E-state index contributed by atoms with van der Waals surface area (Å²) >= 11 is 1.71. The van der Waals surface area contributed by atoms with Crippen molar-refractivity contribution in [3.8, 4) is 5.00 Å². The van der Waals surface area contributed by atoms with E-state index in [4.69, 9.17) is 4.74 Å². The molecule has 38 heavy (non-hydrogen) atoms. The fourth-order valence-electron chi connectivity index (χ4n) is 5.74. The summed E-state index contributed by atoms with van der Waals surface area (Å²) in [6, 6.07) is 19.8. The fraction of sp³-hybridized carbons (Fsp3) is 0.250. The SMILES string of the molecule is CCOC(=O)c1c(-n2c(C)cc(/C=C3/C(=O)N(c4ccccc4)c4ccccc43)c2C)sc2c1CCCC2. The molecule has 0 atom stereocenters. The van der Waals surface area contributed by atoms with Crippen LogP contribution in [0.2, 0.25) is 0 Å². The van der Waals surface area contributed by atoms with Crippen LogP contribution in [-0.4, -0.2) is 23.1 Å². The highest BCUT2D eigenvalue weighted by atomic mass is 32.1. The van der Waals surface area contributed by atoms with Crippen LogP contribution < -0.4 is 4.90 Å². The van der Waals surface area contributed by atoms with Crippen LogP contribution in [0.4, 0.5) is 11.4 Å². The topological polar surface area (TPSA) is 51.5 Å². The van der Waals surface area contributed by atoms with Gasteiger partial charge in [-0.1, -0.05) is 36.4 Å². The molecule has 6 heteroatoms. The van der Waals surface area contributed by atoms with Crippen molar-refractivity contribution in [3.05, 3.63) is 99.2 Å². The first kappa shape index (κ1) is 24.4. The minimum atomic E-state index is -0.243. The number of aromatic nitrogens is 1. The van der Waals surface area contributed by atoms with Crippen molar-refractivity contribution in [2.24, 2.45) is 0 Å². The molecule has 0 N–H and O–H groups in total. The number of carbonyl (C=O) groups is 2. The highest BCUT2D eigenvalue weighted by Gasteiger charge is 2.34. The average Bonchev–Trinajstić information content (AvgIpc) is 3.53. The second-order valence-electron chi connectivity index (χ2n) is 9.82. The third-order valence-corrected chi connectivity index (χ3v) is 8.77. The number of hydrogen-bond acceptors (Lipinski definition) is 4. The Labute approximate surface area is 227 Å². The molecule has 1 amide bonds. The number of hydrogen-bond donors (Lipinski definition) is 0. The van der Waals surface area contributed by atoms with Gasteiger partial charge >= 0.3 is 5.97 Å². The molecular formula is C32H30N2O3S. The number of ether oxygens (including phenoxy) is 1. The van der Waals surface area contributed by atoms with Crippen molar-refractivity contribution in [2.45, 2.75) is 46.5 Å². The van der Waals surface area contributed by atoms with Gasteiger partial charge in [-0.15, -0.1) is 11.3 Å². The predicted molar refractivity (Wildman–Crippen MR) is 154 cm³/mol. The van der Waals surface area contributed by atoms with Gasteiger partial charge in [-0.2, -0.15) is 0 Å². The zero-order valence-corrected chi connectivity index (χ0v) is 22.7. The van der Waals surface area contributed by atoms with E-state index < -0.39 is 0 Å². The Balaban J connectivity index is 1.47. The molecule has 0 saturated carbocycles. The van der Waals surface area contributed by atoms with Crippen molar-refractivity contribution >= 4 is 46.2 Å². The molecule has 5 nitrogen and oxygen atoms in total. The van der Waals surface area contributed by atoms with Crippen LogP contribution in [0.3, 0.4) is 0 Å². The number of esters is 1. The summed E-state index contributed by atoms with van der Waals surface area (Å²) < 4.78 is 7.68. The third kappa shape index (κ3) is 3.91. The quantitative estimate of drug-likeness (QED) is 0.202. The molecule has 1 aliphatic heterocycles. The number of anilines is 2. The number of thiophene rings is 1. The van der Waals surface area contributed by atoms with E-state index in [-0.39, 0.29) is 11.9 Å². The molecule has 0 bridgehead atoms. The summed E-state index contributed by atoms with van der Waals surface area (Å²) in [6.07, 6.45) is 6.16. The van der Waals surface area contributed by atoms with Gasteiger partial charge in [-0.05, 0) is 87.9 Å². The second kappa shape index (κ2) is 9.76. The van der Waals surface area contributed by atoms with Gasteiger partial charge < -0.3 is 9.30 Å². The van der Waals surface area contributed by atoms with Gasteiger partial charge in [0.05, 0.1) is 23.4 Å². The Hall–Kier alpha value is -3.90. The van der Waals surface area contributed by atoms with E-state index in [2.05, 4.69) is 24.5 Å². The van der Waals surface area contributed by atoms with Crippen LogP contribution in [0.25, 0.3) is 16.7 Å². The second-order valence-corrected chi connectivity index (χ2v) is 10.9. The van der Waals surface area contributed by atoms with Crippen molar-refractivity contribution in [3.63, 3.8) is 0 Å². The van der Waals surface area contributed by atoms with Gasteiger partial charge in [-0.3, -0.25) is 9.69 Å². The van der Waals surface area contributed by atoms with E-state index in [9.17, 15) is 9.59 Å². The van der Waals surface area contributed by atoms with Crippen LogP contribution in [0.1, 0.15) is 63.1 Å². The number of nitrogens with zero attached hydrogens (tertiary/aromatic N) is 2. The van der Waals surface area contributed by atoms with E-state index in [1.165, 1.54) is 4.88 Å². The number of benzene rings is 2. The lowest BCUT2D eigenvalue weighted by atomic mass is 9.95. The molecule has 4 aromatic rings. The monoisotopic (exact) mass is 522 g/mol. The third-order valence-electron chi connectivity index (χ3n) is 7.49. The first-order valence-electron chi connectivity index (χ1n) is 13.2. The smallest absolute Gasteiger partial charge is 0.341 e. The first-order valence-corrected chi connectivity index (χ1v) is 14.0. The van der Waals surface area contributed by atoms with E-state index in [0.717, 1.165) is 70.1 Å². The normalized spacial score (nSPS) is 15.6. The largest absolute Gasteiger partial charge is 0.462 e. The number of carbonyl (C=O) groups excluding carboxylic acids is 2. The van der Waals surface area contributed by atoms with Crippen LogP contribution >= 0.6 is 11.3 Å². The Kier molecular flexibility index (Phi) is 6.28. The van der Waals surface area contributed by atoms with Crippen LogP contribution in [0.5, 0.6) is 0 Å². The molecule has 192 valence electrons. The zero-order chi connectivity index (χ0) is 26.4. The molecule has 2 aromatic heterocycles. The lowest BCUT2D eigenvalue weighted by Crippen LogP contribution is -2.20. The summed E-state index contributed by atoms with van der Waals surface area (Å²) in [5.41, 5.74) is 8.19. The predicted octanol–water partition coefficient (Wildman–Crippen LogP) is 7.43. The minimum absolute atomic E-state index is 0.0407. The maximum Gasteiger partial charge on any atom is 0.341 e. The maximum atomic E-state index is 13.8. The van der Waals surface area contributed by atoms with Crippen molar-refractivity contribution in [2.75, 3.05) is 11.5 Å². The zero-order valence-electron chi connectivity index (χ0n) is 21.9. The van der Waals surface area contributed by atoms with Gasteiger partial charge in [0.25, 0.3) is 5.91 Å². The first-order chi connectivity index (χ1) is 18.5. The van der Waals surface area contributed by atoms with Gasteiger partial charge in [0.1, 0.15) is 5.00 Å². The molecular weight excluding hydrogens is 492 g/mol. The van der Waals surface area contributed by atoms with Gasteiger partial charge in [0.15, 0.2) is 0 Å². The Morgan fingerprint density at radius 3 is 2.55 bits per heavy atom. The van der Waals surface area contributed by atoms with Crippen molar-refractivity contribution < 1.29 is 14.3 Å². The van der Waals surface area contributed by atoms with Gasteiger partial charge in [-0.25, -0.2) is 4.79 Å². The van der Waals surface area contributed by atoms with E-state index in [1.54, 1.807) is 16.2 Å². The summed E-state index contributed by atoms with van der Waals surface area (Å²) in [4.78, 5) is 30.0. The number of rotatable bonds is 5. The van der Waals surface area contributed by atoms with Gasteiger partial charge in [0, 0.05) is 27.5 Å². The highest BCUT2D eigenvalue weighted by molar-refractivity contribution is 7.15. The Bertz CT molecular complexity index is 1590. The number of aryl methyl sites for hydroxylation is 2. The Morgan fingerprint density at radius 2 is 1.76 bits per heavy atom. The van der Waals surface area contributed by atoms with Crippen molar-refractivity contribution in [1.82, 2.24) is 4.57 Å². The summed E-state index contributed by atoms with van der Waals surface area (Å²) in [7, 11) is 0.